The van der Waals surface area contributed by atoms with Gasteiger partial charge in [0.25, 0.3) is 0 Å². The highest BCUT2D eigenvalue weighted by molar-refractivity contribution is 6.06. The van der Waals surface area contributed by atoms with Crippen molar-refractivity contribution in [1.29, 1.82) is 0 Å². The van der Waals surface area contributed by atoms with Crippen LogP contribution in [0.1, 0.15) is 18.4 Å². The average Bonchev–Trinajstić information content (AvgIpc) is 3.27. The summed E-state index contributed by atoms with van der Waals surface area (Å²) in [6.07, 6.45) is 5.24. The minimum Gasteiger partial charge on any atom is -0.352 e. The summed E-state index contributed by atoms with van der Waals surface area (Å²) in [5.74, 6) is -0.241. The Morgan fingerprint density at radius 1 is 1.04 bits per heavy atom. The van der Waals surface area contributed by atoms with E-state index in [0.29, 0.717) is 6.54 Å². The highest BCUT2D eigenvalue weighted by Crippen LogP contribution is 2.52. The van der Waals surface area contributed by atoms with Gasteiger partial charge in [0, 0.05) is 19.5 Å². The van der Waals surface area contributed by atoms with Crippen molar-refractivity contribution < 1.29 is 14.4 Å². The van der Waals surface area contributed by atoms with E-state index in [-0.39, 0.29) is 54.4 Å². The molecule has 5 nitrogen and oxygen atoms in total. The molecule has 3 amide bonds. The summed E-state index contributed by atoms with van der Waals surface area (Å²) in [7, 11) is 0. The molecule has 1 aliphatic heterocycles. The Hall–Kier alpha value is -2.43. The lowest BCUT2D eigenvalue weighted by Crippen LogP contribution is -2.36. The molecule has 1 saturated carbocycles. The molecule has 5 heteroatoms. The second-order valence-electron chi connectivity index (χ2n) is 6.84. The summed E-state index contributed by atoms with van der Waals surface area (Å²) in [5, 5.41) is 2.83. The summed E-state index contributed by atoms with van der Waals surface area (Å²) in [6, 6.07) is 9.65. The van der Waals surface area contributed by atoms with E-state index in [2.05, 4.69) is 17.5 Å². The average molecular weight is 324 g/mol. The summed E-state index contributed by atoms with van der Waals surface area (Å²) in [4.78, 5) is 38.3. The molecule has 0 spiro atoms. The van der Waals surface area contributed by atoms with Gasteiger partial charge in [0.15, 0.2) is 0 Å². The van der Waals surface area contributed by atoms with Gasteiger partial charge in [0.1, 0.15) is 0 Å². The molecule has 4 rings (SSSR count). The molecule has 1 aromatic carbocycles. The summed E-state index contributed by atoms with van der Waals surface area (Å²) in [6.45, 7) is 0.644. The standard InChI is InChI=1S/C19H20N2O3/c22-15(20-11-12-4-2-1-3-5-12)8-9-21-18(23)16-13-6-7-14(10-13)17(16)19(21)24/h1-7,13-14,16-17H,8-11H2,(H,20,22)/t13-,14-,16-,17-/m0/s1. The van der Waals surface area contributed by atoms with E-state index in [0.717, 1.165) is 12.0 Å². The Labute approximate surface area is 140 Å². The molecule has 1 N–H and O–H groups in total. The summed E-state index contributed by atoms with van der Waals surface area (Å²) < 4.78 is 0. The first-order valence-electron chi connectivity index (χ1n) is 8.49. The van der Waals surface area contributed by atoms with Gasteiger partial charge in [0.2, 0.25) is 17.7 Å². The molecule has 124 valence electrons. The van der Waals surface area contributed by atoms with Crippen LogP contribution in [0, 0.1) is 23.7 Å². The monoisotopic (exact) mass is 324 g/mol. The predicted molar refractivity (Wildman–Crippen MR) is 87.3 cm³/mol. The van der Waals surface area contributed by atoms with E-state index in [1.54, 1.807) is 0 Å². The molecular weight excluding hydrogens is 304 g/mol. The van der Waals surface area contributed by atoms with Crippen molar-refractivity contribution in [1.82, 2.24) is 10.2 Å². The van der Waals surface area contributed by atoms with Gasteiger partial charge in [-0.3, -0.25) is 19.3 Å². The lowest BCUT2D eigenvalue weighted by Gasteiger charge is -2.16. The number of carbonyl (C=O) groups excluding carboxylic acids is 3. The van der Waals surface area contributed by atoms with Crippen LogP contribution in [0.3, 0.4) is 0 Å². The molecule has 0 aromatic heterocycles. The van der Waals surface area contributed by atoms with Crippen LogP contribution >= 0.6 is 0 Å². The highest BCUT2D eigenvalue weighted by Gasteiger charge is 2.58. The molecule has 0 unspecified atom stereocenters. The third-order valence-electron chi connectivity index (χ3n) is 5.46. The van der Waals surface area contributed by atoms with Crippen LogP contribution in [0.5, 0.6) is 0 Å². The second kappa shape index (κ2) is 5.89. The first-order chi connectivity index (χ1) is 11.6. The first kappa shape index (κ1) is 15.1. The molecule has 4 atom stereocenters. The zero-order valence-corrected chi connectivity index (χ0v) is 13.4. The van der Waals surface area contributed by atoms with Crippen molar-refractivity contribution in [2.75, 3.05) is 6.54 Å². The van der Waals surface area contributed by atoms with E-state index < -0.39 is 0 Å². The third kappa shape index (κ3) is 2.44. The Morgan fingerprint density at radius 3 is 2.29 bits per heavy atom. The quantitative estimate of drug-likeness (QED) is 0.659. The van der Waals surface area contributed by atoms with Crippen molar-refractivity contribution >= 4 is 17.7 Å². The zero-order valence-electron chi connectivity index (χ0n) is 13.4. The molecule has 3 aliphatic rings. The van der Waals surface area contributed by atoms with E-state index in [9.17, 15) is 14.4 Å². The molecule has 2 aliphatic carbocycles. The summed E-state index contributed by atoms with van der Waals surface area (Å²) in [5.41, 5.74) is 1.02. The van der Waals surface area contributed by atoms with Crippen molar-refractivity contribution in [2.24, 2.45) is 23.7 Å². The number of nitrogens with one attached hydrogen (secondary N) is 1. The van der Waals surface area contributed by atoms with Crippen molar-refractivity contribution in [3.63, 3.8) is 0 Å². The molecule has 1 heterocycles. The number of fused-ring (bicyclic) bond motifs is 5. The number of allylic oxidation sites excluding steroid dienone is 2. The van der Waals surface area contributed by atoms with Crippen LogP contribution in [0.2, 0.25) is 0 Å². The van der Waals surface area contributed by atoms with Crippen LogP contribution in [0.15, 0.2) is 42.5 Å². The minimum atomic E-state index is -0.181. The number of hydrogen-bond donors (Lipinski definition) is 1. The topological polar surface area (TPSA) is 66.5 Å². The fourth-order valence-corrected chi connectivity index (χ4v) is 4.28. The third-order valence-corrected chi connectivity index (χ3v) is 5.46. The Balaban J connectivity index is 1.31. The smallest absolute Gasteiger partial charge is 0.233 e. The molecular formula is C19H20N2O3. The molecule has 2 bridgehead atoms. The number of amides is 3. The van der Waals surface area contributed by atoms with Gasteiger partial charge in [-0.05, 0) is 23.8 Å². The van der Waals surface area contributed by atoms with Crippen LogP contribution < -0.4 is 5.32 Å². The highest BCUT2D eigenvalue weighted by atomic mass is 16.2. The lowest BCUT2D eigenvalue weighted by atomic mass is 9.85. The maximum Gasteiger partial charge on any atom is 0.233 e. The van der Waals surface area contributed by atoms with Gasteiger partial charge in [-0.25, -0.2) is 0 Å². The number of imide groups is 1. The maximum absolute atomic E-state index is 12.5. The Kier molecular flexibility index (Phi) is 3.71. The summed E-state index contributed by atoms with van der Waals surface area (Å²) >= 11 is 0. The van der Waals surface area contributed by atoms with Gasteiger partial charge < -0.3 is 5.32 Å². The van der Waals surface area contributed by atoms with E-state index in [4.69, 9.17) is 0 Å². The number of likely N-dealkylation sites (tertiary alicyclic amines) is 1. The fourth-order valence-electron chi connectivity index (χ4n) is 4.28. The van der Waals surface area contributed by atoms with Crippen LogP contribution in [-0.4, -0.2) is 29.2 Å². The van der Waals surface area contributed by atoms with Crippen molar-refractivity contribution in [3.05, 3.63) is 48.0 Å². The van der Waals surface area contributed by atoms with Gasteiger partial charge in [-0.15, -0.1) is 0 Å². The molecule has 1 saturated heterocycles. The van der Waals surface area contributed by atoms with Crippen molar-refractivity contribution in [2.45, 2.75) is 19.4 Å². The SMILES string of the molecule is O=C(CCN1C(=O)[C@@H]2[C@@H](C1=O)[C@H]1C=C[C@H]2C1)NCc1ccccc1. The number of nitrogens with zero attached hydrogens (tertiary/aromatic N) is 1. The molecule has 0 radical (unpaired) electrons. The number of benzene rings is 1. The first-order valence-corrected chi connectivity index (χ1v) is 8.49. The van der Waals surface area contributed by atoms with Gasteiger partial charge in [-0.2, -0.15) is 0 Å². The maximum atomic E-state index is 12.5. The lowest BCUT2D eigenvalue weighted by molar-refractivity contribution is -0.141. The molecule has 2 fully saturated rings. The number of rotatable bonds is 5. The fraction of sp³-hybridized carbons (Fsp3) is 0.421. The Morgan fingerprint density at radius 2 is 1.67 bits per heavy atom. The van der Waals surface area contributed by atoms with Crippen LogP contribution in [-0.2, 0) is 20.9 Å². The Bertz CT molecular complexity index is 683. The molecule has 24 heavy (non-hydrogen) atoms. The predicted octanol–water partition coefficient (Wildman–Crippen LogP) is 1.50. The van der Waals surface area contributed by atoms with Crippen LogP contribution in [0.25, 0.3) is 0 Å². The van der Waals surface area contributed by atoms with Crippen molar-refractivity contribution in [3.8, 4) is 0 Å². The number of carbonyl (C=O) groups is 3. The largest absolute Gasteiger partial charge is 0.352 e. The minimum absolute atomic E-state index is 0.0855. The van der Waals surface area contributed by atoms with E-state index in [1.165, 1.54) is 4.90 Å². The van der Waals surface area contributed by atoms with E-state index in [1.807, 2.05) is 30.3 Å². The van der Waals surface area contributed by atoms with Gasteiger partial charge in [-0.1, -0.05) is 42.5 Å². The zero-order chi connectivity index (χ0) is 16.7. The second-order valence-corrected chi connectivity index (χ2v) is 6.84. The van der Waals surface area contributed by atoms with Gasteiger partial charge >= 0.3 is 0 Å². The number of hydrogen-bond acceptors (Lipinski definition) is 3. The van der Waals surface area contributed by atoms with E-state index >= 15 is 0 Å². The molecule has 1 aromatic rings. The normalized spacial score (nSPS) is 30.1. The van der Waals surface area contributed by atoms with Crippen LogP contribution in [0.4, 0.5) is 0 Å². The van der Waals surface area contributed by atoms with Gasteiger partial charge in [0.05, 0.1) is 11.8 Å².